The normalized spacial score (nSPS) is 19.2. The summed E-state index contributed by atoms with van der Waals surface area (Å²) in [6.07, 6.45) is 3.26. The maximum absolute atomic E-state index is 12.4. The van der Waals surface area contributed by atoms with Crippen molar-refractivity contribution in [2.24, 2.45) is 0 Å². The molecule has 0 spiro atoms. The molecule has 1 heterocycles. The van der Waals surface area contributed by atoms with Crippen molar-refractivity contribution in [2.45, 2.75) is 50.7 Å². The predicted molar refractivity (Wildman–Crippen MR) is 93.7 cm³/mol. The molecule has 142 valence electrons. The van der Waals surface area contributed by atoms with Crippen LogP contribution in [-0.2, 0) is 19.1 Å². The second-order valence-electron chi connectivity index (χ2n) is 6.29. The van der Waals surface area contributed by atoms with E-state index in [1.807, 2.05) is 0 Å². The Morgan fingerprint density at radius 3 is 2.54 bits per heavy atom. The molecule has 2 N–H and O–H groups in total. The molecule has 0 aliphatic carbocycles. The van der Waals surface area contributed by atoms with Crippen LogP contribution in [-0.4, -0.2) is 47.8 Å². The van der Waals surface area contributed by atoms with Crippen LogP contribution in [0.25, 0.3) is 0 Å². The number of hydrogen-bond acceptors (Lipinski definition) is 6. The molecule has 0 saturated carbocycles. The molecule has 1 saturated heterocycles. The van der Waals surface area contributed by atoms with Gasteiger partial charge in [-0.2, -0.15) is 0 Å². The van der Waals surface area contributed by atoms with Crippen LogP contribution >= 0.6 is 0 Å². The van der Waals surface area contributed by atoms with Gasteiger partial charge in [0, 0.05) is 12.5 Å². The van der Waals surface area contributed by atoms with Gasteiger partial charge in [0.05, 0.1) is 12.2 Å². The molecule has 0 amide bonds. The van der Waals surface area contributed by atoms with Gasteiger partial charge in [0.2, 0.25) is 0 Å². The summed E-state index contributed by atoms with van der Waals surface area (Å²) >= 11 is 0. The molecule has 1 aromatic rings. The largest absolute Gasteiger partial charge is 0.478 e. The standard InChI is InChI=1S/C19H25NO6/c1-2-25-18(24)19(17(22)23,12-11-15-10-6-7-13-20-15)26-16(21)14-8-4-3-5-9-14/h3-5,8-9,15,20H,2,6-7,10-13H2,1H3,(H,22,23). The summed E-state index contributed by atoms with van der Waals surface area (Å²) in [4.78, 5) is 36.8. The lowest BCUT2D eigenvalue weighted by atomic mass is 9.91. The van der Waals surface area contributed by atoms with E-state index in [2.05, 4.69) is 5.32 Å². The van der Waals surface area contributed by atoms with Crippen LogP contribution in [0.5, 0.6) is 0 Å². The molecule has 1 aliphatic rings. The maximum atomic E-state index is 12.4. The van der Waals surface area contributed by atoms with E-state index in [1.54, 1.807) is 25.1 Å². The number of carbonyl (C=O) groups excluding carboxylic acids is 2. The number of nitrogens with one attached hydrogen (secondary N) is 1. The van der Waals surface area contributed by atoms with Gasteiger partial charge in [0.15, 0.2) is 0 Å². The van der Waals surface area contributed by atoms with Crippen molar-refractivity contribution >= 4 is 17.9 Å². The molecule has 7 nitrogen and oxygen atoms in total. The molecule has 1 aromatic carbocycles. The van der Waals surface area contributed by atoms with E-state index < -0.39 is 23.5 Å². The lowest BCUT2D eigenvalue weighted by molar-refractivity contribution is -0.181. The molecule has 2 unspecified atom stereocenters. The van der Waals surface area contributed by atoms with Gasteiger partial charge in [-0.05, 0) is 44.9 Å². The Balaban J connectivity index is 2.21. The minimum absolute atomic E-state index is 0.00156. The second-order valence-corrected chi connectivity index (χ2v) is 6.29. The zero-order valence-electron chi connectivity index (χ0n) is 14.9. The number of rotatable bonds is 8. The summed E-state index contributed by atoms with van der Waals surface area (Å²) in [5.74, 6) is -3.43. The Bertz CT molecular complexity index is 626. The van der Waals surface area contributed by atoms with Gasteiger partial charge in [0.1, 0.15) is 0 Å². The Morgan fingerprint density at radius 2 is 1.96 bits per heavy atom. The number of ether oxygens (including phenoxy) is 2. The van der Waals surface area contributed by atoms with Gasteiger partial charge >= 0.3 is 23.5 Å². The van der Waals surface area contributed by atoms with Gasteiger partial charge in [0.25, 0.3) is 0 Å². The molecule has 0 bridgehead atoms. The van der Waals surface area contributed by atoms with E-state index in [1.165, 1.54) is 12.1 Å². The molecule has 1 fully saturated rings. The molecule has 2 rings (SSSR count). The molecule has 0 aromatic heterocycles. The van der Waals surface area contributed by atoms with Crippen LogP contribution in [0.4, 0.5) is 0 Å². The smallest absolute Gasteiger partial charge is 0.362 e. The van der Waals surface area contributed by atoms with Crippen LogP contribution in [0.2, 0.25) is 0 Å². The van der Waals surface area contributed by atoms with Crippen LogP contribution in [0, 0.1) is 0 Å². The number of hydrogen-bond donors (Lipinski definition) is 2. The summed E-state index contributed by atoms with van der Waals surface area (Å²) in [5.41, 5.74) is -2.17. The van der Waals surface area contributed by atoms with Crippen LogP contribution in [0.1, 0.15) is 49.4 Å². The average molecular weight is 363 g/mol. The zero-order valence-corrected chi connectivity index (χ0v) is 14.9. The van der Waals surface area contributed by atoms with Crippen LogP contribution < -0.4 is 5.32 Å². The number of esters is 2. The summed E-state index contributed by atoms with van der Waals surface area (Å²) in [6.45, 7) is 2.43. The lowest BCUT2D eigenvalue weighted by Crippen LogP contribution is -2.52. The second kappa shape index (κ2) is 9.33. The quantitative estimate of drug-likeness (QED) is 0.539. The first-order chi connectivity index (χ1) is 12.5. The fourth-order valence-corrected chi connectivity index (χ4v) is 3.02. The Hall–Kier alpha value is -2.41. The SMILES string of the molecule is CCOC(=O)C(CCC1CCCCN1)(OC(=O)c1ccccc1)C(=O)O. The Morgan fingerprint density at radius 1 is 1.23 bits per heavy atom. The van der Waals surface area contributed by atoms with E-state index in [-0.39, 0.29) is 24.6 Å². The first kappa shape index (κ1) is 19.9. The van der Waals surface area contributed by atoms with Gasteiger partial charge in [-0.25, -0.2) is 14.4 Å². The molecular formula is C19H25NO6. The third-order valence-corrected chi connectivity index (χ3v) is 4.48. The highest BCUT2D eigenvalue weighted by atomic mass is 16.6. The van der Waals surface area contributed by atoms with Gasteiger partial charge in [-0.15, -0.1) is 0 Å². The molecular weight excluding hydrogens is 338 g/mol. The molecule has 1 aliphatic heterocycles. The Kier molecular flexibility index (Phi) is 7.15. The third-order valence-electron chi connectivity index (χ3n) is 4.48. The van der Waals surface area contributed by atoms with Crippen LogP contribution in [0.15, 0.2) is 30.3 Å². The average Bonchev–Trinajstić information content (AvgIpc) is 2.66. The topological polar surface area (TPSA) is 102 Å². The highest BCUT2D eigenvalue weighted by Crippen LogP contribution is 2.26. The van der Waals surface area contributed by atoms with E-state index in [9.17, 15) is 19.5 Å². The van der Waals surface area contributed by atoms with E-state index >= 15 is 0 Å². The highest BCUT2D eigenvalue weighted by molar-refractivity contribution is 6.06. The number of carboxylic acids is 1. The molecule has 7 heteroatoms. The number of piperidine rings is 1. The minimum atomic E-state index is -2.35. The monoisotopic (exact) mass is 363 g/mol. The number of aliphatic carboxylic acids is 1. The van der Waals surface area contributed by atoms with E-state index in [0.29, 0.717) is 6.42 Å². The number of benzene rings is 1. The summed E-state index contributed by atoms with van der Waals surface area (Å²) in [5, 5.41) is 13.0. The van der Waals surface area contributed by atoms with Gasteiger partial charge in [-0.1, -0.05) is 24.6 Å². The number of carbonyl (C=O) groups is 3. The highest BCUT2D eigenvalue weighted by Gasteiger charge is 2.52. The summed E-state index contributed by atoms with van der Waals surface area (Å²) in [7, 11) is 0. The van der Waals surface area contributed by atoms with E-state index in [0.717, 1.165) is 25.8 Å². The van der Waals surface area contributed by atoms with Crippen molar-refractivity contribution in [2.75, 3.05) is 13.2 Å². The fraction of sp³-hybridized carbons (Fsp3) is 0.526. The van der Waals surface area contributed by atoms with E-state index in [4.69, 9.17) is 9.47 Å². The van der Waals surface area contributed by atoms with Crippen molar-refractivity contribution in [1.82, 2.24) is 5.32 Å². The van der Waals surface area contributed by atoms with Gasteiger partial charge < -0.3 is 19.9 Å². The summed E-state index contributed by atoms with van der Waals surface area (Å²) < 4.78 is 10.2. The van der Waals surface area contributed by atoms with Crippen molar-refractivity contribution in [1.29, 1.82) is 0 Å². The Labute approximate surface area is 152 Å². The summed E-state index contributed by atoms with van der Waals surface area (Å²) in [6, 6.07) is 8.09. The molecule has 26 heavy (non-hydrogen) atoms. The van der Waals surface area contributed by atoms with Crippen LogP contribution in [0.3, 0.4) is 0 Å². The molecule has 0 radical (unpaired) electrons. The first-order valence-electron chi connectivity index (χ1n) is 8.92. The lowest BCUT2D eigenvalue weighted by Gasteiger charge is -2.30. The fourth-order valence-electron chi connectivity index (χ4n) is 3.02. The first-order valence-corrected chi connectivity index (χ1v) is 8.92. The van der Waals surface area contributed by atoms with Crippen molar-refractivity contribution in [3.8, 4) is 0 Å². The van der Waals surface area contributed by atoms with Crippen molar-refractivity contribution in [3.63, 3.8) is 0 Å². The third kappa shape index (κ3) is 4.82. The van der Waals surface area contributed by atoms with Gasteiger partial charge in [-0.3, -0.25) is 0 Å². The van der Waals surface area contributed by atoms with Crippen molar-refractivity contribution in [3.05, 3.63) is 35.9 Å². The minimum Gasteiger partial charge on any atom is -0.478 e. The number of carboxylic acid groups (broad SMARTS) is 1. The molecule has 2 atom stereocenters. The zero-order chi connectivity index (χ0) is 19.0. The predicted octanol–water partition coefficient (Wildman–Crippen LogP) is 2.15. The maximum Gasteiger partial charge on any atom is 0.362 e. The van der Waals surface area contributed by atoms with Crippen molar-refractivity contribution < 1.29 is 29.0 Å².